The van der Waals surface area contributed by atoms with E-state index in [1.54, 1.807) is 0 Å². The predicted molar refractivity (Wildman–Crippen MR) is 116 cm³/mol. The summed E-state index contributed by atoms with van der Waals surface area (Å²) >= 11 is 0. The lowest BCUT2D eigenvalue weighted by molar-refractivity contribution is -0.138. The first-order chi connectivity index (χ1) is 17.0. The molecule has 0 atom stereocenters. The minimum atomic E-state index is -4.63. The lowest BCUT2D eigenvalue weighted by Gasteiger charge is -2.16. The van der Waals surface area contributed by atoms with E-state index in [-0.39, 0.29) is 34.1 Å². The fourth-order valence-corrected chi connectivity index (χ4v) is 3.38. The SMILES string of the molecule is N#Cc1cc2cc(Oc3cccc(C(F)(F)F)c3)c(Oc3cccc(C(F)(F)F)c3)cc2cc1C#N. The van der Waals surface area contributed by atoms with E-state index in [0.717, 1.165) is 36.4 Å². The van der Waals surface area contributed by atoms with Crippen molar-refractivity contribution in [1.29, 1.82) is 10.5 Å². The summed E-state index contributed by atoms with van der Waals surface area (Å²) in [6.45, 7) is 0. The van der Waals surface area contributed by atoms with Crippen molar-refractivity contribution in [3.8, 4) is 35.1 Å². The predicted octanol–water partition coefficient (Wildman–Crippen LogP) is 8.21. The lowest BCUT2D eigenvalue weighted by Crippen LogP contribution is -2.05. The topological polar surface area (TPSA) is 66.0 Å². The molecule has 36 heavy (non-hydrogen) atoms. The lowest BCUT2D eigenvalue weighted by atomic mass is 10.0. The normalized spacial score (nSPS) is 11.6. The van der Waals surface area contributed by atoms with Gasteiger partial charge in [0.25, 0.3) is 0 Å². The van der Waals surface area contributed by atoms with Gasteiger partial charge in [-0.1, -0.05) is 12.1 Å². The van der Waals surface area contributed by atoms with Crippen LogP contribution < -0.4 is 9.47 Å². The van der Waals surface area contributed by atoms with E-state index < -0.39 is 23.5 Å². The molecule has 0 saturated heterocycles. The van der Waals surface area contributed by atoms with Gasteiger partial charge in [0.2, 0.25) is 0 Å². The van der Waals surface area contributed by atoms with Crippen LogP contribution in [-0.2, 0) is 12.4 Å². The second-order valence-corrected chi connectivity index (χ2v) is 7.52. The average molecular weight is 498 g/mol. The van der Waals surface area contributed by atoms with Crippen LogP contribution in [0.1, 0.15) is 22.3 Å². The molecule has 180 valence electrons. The number of hydrogen-bond acceptors (Lipinski definition) is 4. The van der Waals surface area contributed by atoms with Crippen molar-refractivity contribution < 1.29 is 35.8 Å². The van der Waals surface area contributed by atoms with Crippen LogP contribution >= 0.6 is 0 Å². The Morgan fingerprint density at radius 1 is 0.556 bits per heavy atom. The maximum atomic E-state index is 13.1. The summed E-state index contributed by atoms with van der Waals surface area (Å²) in [6.07, 6.45) is -9.26. The molecule has 0 amide bonds. The molecule has 4 aromatic carbocycles. The summed E-state index contributed by atoms with van der Waals surface area (Å²) in [7, 11) is 0. The Balaban J connectivity index is 1.85. The van der Waals surface area contributed by atoms with Crippen molar-refractivity contribution in [1.82, 2.24) is 0 Å². The number of alkyl halides is 6. The van der Waals surface area contributed by atoms with Crippen molar-refractivity contribution in [2.45, 2.75) is 12.4 Å². The summed E-state index contributed by atoms with van der Waals surface area (Å²) in [5.41, 5.74) is -1.82. The molecular formula is C26H12F6N2O2. The summed E-state index contributed by atoms with van der Waals surface area (Å²) in [6, 6.07) is 17.3. The molecule has 0 heterocycles. The van der Waals surface area contributed by atoms with Gasteiger partial charge in [-0.3, -0.25) is 0 Å². The van der Waals surface area contributed by atoms with E-state index in [1.807, 2.05) is 12.1 Å². The minimum absolute atomic E-state index is 0.0570. The van der Waals surface area contributed by atoms with Crippen molar-refractivity contribution in [2.24, 2.45) is 0 Å². The Morgan fingerprint density at radius 3 is 1.28 bits per heavy atom. The molecule has 0 radical (unpaired) electrons. The Kier molecular flexibility index (Phi) is 6.21. The van der Waals surface area contributed by atoms with Crippen LogP contribution in [0, 0.1) is 22.7 Å². The fourth-order valence-electron chi connectivity index (χ4n) is 3.38. The molecule has 0 aliphatic heterocycles. The second kappa shape index (κ2) is 9.16. The molecule has 4 rings (SSSR count). The number of nitrogens with zero attached hydrogens (tertiary/aromatic N) is 2. The Morgan fingerprint density at radius 2 is 0.944 bits per heavy atom. The molecule has 10 heteroatoms. The summed E-state index contributed by atoms with van der Waals surface area (Å²) in [5, 5.41) is 19.4. The number of fused-ring (bicyclic) bond motifs is 1. The molecule has 0 saturated carbocycles. The van der Waals surface area contributed by atoms with Gasteiger partial charge < -0.3 is 9.47 Å². The van der Waals surface area contributed by atoms with Crippen LogP contribution in [-0.4, -0.2) is 0 Å². The van der Waals surface area contributed by atoms with Gasteiger partial charge >= 0.3 is 12.4 Å². The highest BCUT2D eigenvalue weighted by Gasteiger charge is 2.31. The van der Waals surface area contributed by atoms with Gasteiger partial charge in [-0.25, -0.2) is 0 Å². The minimum Gasteiger partial charge on any atom is -0.453 e. The van der Waals surface area contributed by atoms with Gasteiger partial charge in [0, 0.05) is 0 Å². The molecule has 0 aromatic heterocycles. The highest BCUT2D eigenvalue weighted by molar-refractivity contribution is 5.89. The van der Waals surface area contributed by atoms with Gasteiger partial charge in [0.15, 0.2) is 11.5 Å². The number of hydrogen-bond donors (Lipinski definition) is 0. The van der Waals surface area contributed by atoms with Gasteiger partial charge in [0.05, 0.1) is 22.3 Å². The van der Waals surface area contributed by atoms with Crippen molar-refractivity contribution in [3.63, 3.8) is 0 Å². The maximum absolute atomic E-state index is 13.1. The van der Waals surface area contributed by atoms with Gasteiger partial charge in [-0.2, -0.15) is 36.9 Å². The first-order valence-corrected chi connectivity index (χ1v) is 10.1. The smallest absolute Gasteiger partial charge is 0.416 e. The molecule has 0 aliphatic rings. The maximum Gasteiger partial charge on any atom is 0.416 e. The number of ether oxygens (including phenoxy) is 2. The molecule has 0 bridgehead atoms. The number of halogens is 6. The molecule has 0 fully saturated rings. The van der Waals surface area contributed by atoms with Crippen LogP contribution in [0.3, 0.4) is 0 Å². The molecular weight excluding hydrogens is 486 g/mol. The van der Waals surface area contributed by atoms with Crippen molar-refractivity contribution in [2.75, 3.05) is 0 Å². The zero-order valence-electron chi connectivity index (χ0n) is 17.9. The van der Waals surface area contributed by atoms with Crippen molar-refractivity contribution in [3.05, 3.63) is 95.1 Å². The monoisotopic (exact) mass is 498 g/mol. The average Bonchev–Trinajstić information content (AvgIpc) is 2.83. The molecule has 0 unspecified atom stereocenters. The number of nitriles is 2. The quantitative estimate of drug-likeness (QED) is 0.266. The van der Waals surface area contributed by atoms with Crippen LogP contribution in [0.2, 0.25) is 0 Å². The molecule has 4 nitrogen and oxygen atoms in total. The second-order valence-electron chi connectivity index (χ2n) is 7.52. The largest absolute Gasteiger partial charge is 0.453 e. The zero-order chi connectivity index (χ0) is 26.1. The van der Waals surface area contributed by atoms with Gasteiger partial charge in [-0.05, 0) is 71.4 Å². The summed E-state index contributed by atoms with van der Waals surface area (Å²) < 4.78 is 90.2. The van der Waals surface area contributed by atoms with E-state index in [2.05, 4.69) is 0 Å². The van der Waals surface area contributed by atoms with Crippen LogP contribution in [0.4, 0.5) is 26.3 Å². The van der Waals surface area contributed by atoms with Gasteiger partial charge in [0.1, 0.15) is 23.6 Å². The summed E-state index contributed by atoms with van der Waals surface area (Å²) in [5.74, 6) is -0.639. The van der Waals surface area contributed by atoms with E-state index in [4.69, 9.17) is 9.47 Å². The standard InChI is InChI=1S/C26H12F6N2O2/c27-25(28,29)19-3-1-5-21(11-19)35-23-9-15-7-17(13-33)18(14-34)8-16(15)10-24(23)36-22-6-2-4-20(12-22)26(30,31)32/h1-12H. The first-order valence-electron chi connectivity index (χ1n) is 10.1. The molecule has 0 aliphatic carbocycles. The molecule has 4 aromatic rings. The Labute approximate surface area is 200 Å². The van der Waals surface area contributed by atoms with Crippen LogP contribution in [0.25, 0.3) is 10.8 Å². The third-order valence-electron chi connectivity index (χ3n) is 5.06. The third-order valence-corrected chi connectivity index (χ3v) is 5.06. The van der Waals surface area contributed by atoms with E-state index in [9.17, 15) is 36.9 Å². The first kappa shape index (κ1) is 24.4. The fraction of sp³-hybridized carbons (Fsp3) is 0.0769. The Bertz CT molecular complexity index is 1430. The third kappa shape index (κ3) is 5.18. The molecule has 0 N–H and O–H groups in total. The van der Waals surface area contributed by atoms with E-state index in [0.29, 0.717) is 10.8 Å². The summed E-state index contributed by atoms with van der Waals surface area (Å²) in [4.78, 5) is 0. The van der Waals surface area contributed by atoms with Crippen LogP contribution in [0.5, 0.6) is 23.0 Å². The van der Waals surface area contributed by atoms with E-state index >= 15 is 0 Å². The van der Waals surface area contributed by atoms with Crippen LogP contribution in [0.15, 0.2) is 72.8 Å². The highest BCUT2D eigenvalue weighted by Crippen LogP contribution is 2.41. The Hall–Kier alpha value is -4.70. The number of benzene rings is 4. The van der Waals surface area contributed by atoms with E-state index in [1.165, 1.54) is 36.4 Å². The highest BCUT2D eigenvalue weighted by atomic mass is 19.4. The van der Waals surface area contributed by atoms with Gasteiger partial charge in [-0.15, -0.1) is 0 Å². The van der Waals surface area contributed by atoms with Crippen molar-refractivity contribution >= 4 is 10.8 Å². The zero-order valence-corrected chi connectivity index (χ0v) is 17.9. The number of rotatable bonds is 4. The molecule has 0 spiro atoms.